The van der Waals surface area contributed by atoms with E-state index in [1.54, 1.807) is 6.20 Å². The molecular formula is C12H14N4. The van der Waals surface area contributed by atoms with Gasteiger partial charge in [0.2, 0.25) is 0 Å². The average molecular weight is 214 g/mol. The van der Waals surface area contributed by atoms with E-state index in [1.807, 2.05) is 31.3 Å². The number of rotatable bonds is 4. The largest absolute Gasteiger partial charge is 0.368 e. The Kier molecular flexibility index (Phi) is 3.43. The Morgan fingerprint density at radius 3 is 2.81 bits per heavy atom. The molecule has 0 aliphatic heterocycles. The van der Waals surface area contributed by atoms with Gasteiger partial charge in [-0.3, -0.25) is 4.98 Å². The Hall–Kier alpha value is -1.97. The first-order valence-corrected chi connectivity index (χ1v) is 5.28. The van der Waals surface area contributed by atoms with Gasteiger partial charge in [-0.15, -0.1) is 5.10 Å². The molecular weight excluding hydrogens is 200 g/mol. The maximum absolute atomic E-state index is 4.07. The minimum atomic E-state index is 0.814. The molecule has 4 heteroatoms. The lowest BCUT2D eigenvalue weighted by atomic mass is 10.2. The Bertz CT molecular complexity index is 425. The summed E-state index contributed by atoms with van der Waals surface area (Å²) < 4.78 is 0. The van der Waals surface area contributed by atoms with Gasteiger partial charge in [-0.25, -0.2) is 0 Å². The van der Waals surface area contributed by atoms with Gasteiger partial charge in [-0.1, -0.05) is 6.07 Å². The summed E-state index contributed by atoms with van der Waals surface area (Å²) in [7, 11) is 0. The second-order valence-corrected chi connectivity index (χ2v) is 3.60. The van der Waals surface area contributed by atoms with E-state index in [2.05, 4.69) is 26.6 Å². The fourth-order valence-electron chi connectivity index (χ4n) is 1.37. The number of nitrogens with zero attached hydrogens (tertiary/aromatic N) is 3. The third-order valence-electron chi connectivity index (χ3n) is 2.24. The fraction of sp³-hybridized carbons (Fsp3) is 0.250. The normalized spacial score (nSPS) is 10.1. The maximum atomic E-state index is 4.07. The number of pyridine rings is 1. The van der Waals surface area contributed by atoms with Crippen molar-refractivity contribution >= 4 is 5.82 Å². The van der Waals surface area contributed by atoms with Crippen LogP contribution in [-0.2, 0) is 6.42 Å². The van der Waals surface area contributed by atoms with Crippen molar-refractivity contribution in [2.24, 2.45) is 0 Å². The van der Waals surface area contributed by atoms with E-state index in [-0.39, 0.29) is 0 Å². The number of anilines is 1. The summed E-state index contributed by atoms with van der Waals surface area (Å²) in [5.74, 6) is 0.814. The number of hydrogen-bond donors (Lipinski definition) is 1. The van der Waals surface area contributed by atoms with Crippen molar-refractivity contribution in [3.8, 4) is 0 Å². The van der Waals surface area contributed by atoms with Gasteiger partial charge in [-0.05, 0) is 37.1 Å². The van der Waals surface area contributed by atoms with E-state index in [0.29, 0.717) is 0 Å². The van der Waals surface area contributed by atoms with Crippen molar-refractivity contribution in [1.29, 1.82) is 0 Å². The van der Waals surface area contributed by atoms with Gasteiger partial charge in [0.25, 0.3) is 0 Å². The van der Waals surface area contributed by atoms with Crippen LogP contribution in [0.2, 0.25) is 0 Å². The summed E-state index contributed by atoms with van der Waals surface area (Å²) in [4.78, 5) is 4.07. The minimum absolute atomic E-state index is 0.814. The smallest absolute Gasteiger partial charge is 0.148 e. The molecule has 0 aliphatic carbocycles. The third kappa shape index (κ3) is 3.02. The van der Waals surface area contributed by atoms with Crippen LogP contribution in [0.4, 0.5) is 5.82 Å². The predicted molar refractivity (Wildman–Crippen MR) is 63.2 cm³/mol. The standard InChI is InChI=1S/C12H14N4/c1-10-4-5-12(16-15-10)14-8-6-11-3-2-7-13-9-11/h2-5,7,9H,6,8H2,1H3,(H,14,16). The van der Waals surface area contributed by atoms with E-state index < -0.39 is 0 Å². The molecule has 0 saturated heterocycles. The minimum Gasteiger partial charge on any atom is -0.368 e. The highest BCUT2D eigenvalue weighted by atomic mass is 15.2. The van der Waals surface area contributed by atoms with E-state index in [4.69, 9.17) is 0 Å². The number of hydrogen-bond acceptors (Lipinski definition) is 4. The van der Waals surface area contributed by atoms with Crippen LogP contribution < -0.4 is 5.32 Å². The molecule has 0 aromatic carbocycles. The molecule has 2 aromatic rings. The SMILES string of the molecule is Cc1ccc(NCCc2cccnc2)nn1. The van der Waals surface area contributed by atoms with Gasteiger partial charge in [0.1, 0.15) is 5.82 Å². The quantitative estimate of drug-likeness (QED) is 0.843. The molecule has 0 saturated carbocycles. The van der Waals surface area contributed by atoms with Crippen LogP contribution in [0.1, 0.15) is 11.3 Å². The van der Waals surface area contributed by atoms with Gasteiger partial charge < -0.3 is 5.32 Å². The zero-order valence-electron chi connectivity index (χ0n) is 9.22. The maximum Gasteiger partial charge on any atom is 0.148 e. The van der Waals surface area contributed by atoms with Gasteiger partial charge >= 0.3 is 0 Å². The fourth-order valence-corrected chi connectivity index (χ4v) is 1.37. The van der Waals surface area contributed by atoms with Gasteiger partial charge in [-0.2, -0.15) is 5.10 Å². The molecule has 82 valence electrons. The second kappa shape index (κ2) is 5.21. The Labute approximate surface area is 94.8 Å². The molecule has 4 nitrogen and oxygen atoms in total. The Balaban J connectivity index is 1.82. The molecule has 2 heterocycles. The number of aromatic nitrogens is 3. The van der Waals surface area contributed by atoms with Crippen molar-refractivity contribution < 1.29 is 0 Å². The van der Waals surface area contributed by atoms with Crippen molar-refractivity contribution in [2.75, 3.05) is 11.9 Å². The van der Waals surface area contributed by atoms with Crippen molar-refractivity contribution in [2.45, 2.75) is 13.3 Å². The lowest BCUT2D eigenvalue weighted by Gasteiger charge is -2.04. The summed E-state index contributed by atoms with van der Waals surface area (Å²) in [5.41, 5.74) is 2.15. The van der Waals surface area contributed by atoms with Crippen LogP contribution in [0.25, 0.3) is 0 Å². The Morgan fingerprint density at radius 1 is 1.19 bits per heavy atom. The van der Waals surface area contributed by atoms with Gasteiger partial charge in [0.05, 0.1) is 5.69 Å². The molecule has 0 radical (unpaired) electrons. The summed E-state index contributed by atoms with van der Waals surface area (Å²) >= 11 is 0. The lowest BCUT2D eigenvalue weighted by molar-refractivity contribution is 0.941. The Morgan fingerprint density at radius 2 is 2.12 bits per heavy atom. The zero-order chi connectivity index (χ0) is 11.2. The summed E-state index contributed by atoms with van der Waals surface area (Å²) in [5, 5.41) is 11.2. The summed E-state index contributed by atoms with van der Waals surface area (Å²) in [6.07, 6.45) is 4.59. The van der Waals surface area contributed by atoms with E-state index in [1.165, 1.54) is 5.56 Å². The van der Waals surface area contributed by atoms with Crippen LogP contribution in [0, 0.1) is 6.92 Å². The molecule has 16 heavy (non-hydrogen) atoms. The zero-order valence-corrected chi connectivity index (χ0v) is 9.22. The van der Waals surface area contributed by atoms with Crippen LogP contribution in [0.5, 0.6) is 0 Å². The molecule has 0 unspecified atom stereocenters. The first kappa shape index (κ1) is 10.5. The lowest BCUT2D eigenvalue weighted by Crippen LogP contribution is -2.07. The number of nitrogens with one attached hydrogen (secondary N) is 1. The highest BCUT2D eigenvalue weighted by Crippen LogP contribution is 2.02. The highest BCUT2D eigenvalue weighted by molar-refractivity contribution is 5.32. The molecule has 2 rings (SSSR count). The highest BCUT2D eigenvalue weighted by Gasteiger charge is 1.95. The summed E-state index contributed by atoms with van der Waals surface area (Å²) in [6.45, 7) is 2.76. The van der Waals surface area contributed by atoms with Crippen LogP contribution >= 0.6 is 0 Å². The van der Waals surface area contributed by atoms with Gasteiger partial charge in [0.15, 0.2) is 0 Å². The summed E-state index contributed by atoms with van der Waals surface area (Å²) in [6, 6.07) is 7.89. The van der Waals surface area contributed by atoms with E-state index in [9.17, 15) is 0 Å². The average Bonchev–Trinajstić information content (AvgIpc) is 2.33. The van der Waals surface area contributed by atoms with Gasteiger partial charge in [0, 0.05) is 18.9 Å². The third-order valence-corrected chi connectivity index (χ3v) is 2.24. The van der Waals surface area contributed by atoms with Crippen LogP contribution in [0.15, 0.2) is 36.7 Å². The van der Waals surface area contributed by atoms with Crippen LogP contribution in [-0.4, -0.2) is 21.7 Å². The first-order chi connectivity index (χ1) is 7.84. The molecule has 1 N–H and O–H groups in total. The molecule has 0 amide bonds. The molecule has 0 fully saturated rings. The molecule has 0 aliphatic rings. The van der Waals surface area contributed by atoms with E-state index >= 15 is 0 Å². The van der Waals surface area contributed by atoms with Crippen molar-refractivity contribution in [3.63, 3.8) is 0 Å². The first-order valence-electron chi connectivity index (χ1n) is 5.28. The van der Waals surface area contributed by atoms with Crippen molar-refractivity contribution in [1.82, 2.24) is 15.2 Å². The second-order valence-electron chi connectivity index (χ2n) is 3.60. The molecule has 0 spiro atoms. The monoisotopic (exact) mass is 214 g/mol. The molecule has 0 bridgehead atoms. The van der Waals surface area contributed by atoms with E-state index in [0.717, 1.165) is 24.5 Å². The van der Waals surface area contributed by atoms with Crippen molar-refractivity contribution in [3.05, 3.63) is 47.9 Å². The predicted octanol–water partition coefficient (Wildman–Crippen LogP) is 1.83. The number of aryl methyl sites for hydroxylation is 1. The molecule has 0 atom stereocenters. The topological polar surface area (TPSA) is 50.7 Å². The molecule has 2 aromatic heterocycles. The van der Waals surface area contributed by atoms with Crippen LogP contribution in [0.3, 0.4) is 0 Å².